The maximum atomic E-state index is 11.7. The SMILES string of the molecule is CN(C)C(=O)c1ccc(/C=C/C(=O)NC(C)(C)C#N)cc1. The van der Waals surface area contributed by atoms with E-state index in [0.717, 1.165) is 5.56 Å². The number of hydrogen-bond donors (Lipinski definition) is 1. The van der Waals surface area contributed by atoms with Crippen LogP contribution < -0.4 is 5.32 Å². The standard InChI is InChI=1S/C16H19N3O2/c1-16(2,11-17)18-14(20)10-7-12-5-8-13(9-6-12)15(21)19(3)4/h5-10H,1-4H3,(H,18,20)/b10-7+. The lowest BCUT2D eigenvalue weighted by atomic mass is 10.1. The van der Waals surface area contributed by atoms with E-state index < -0.39 is 5.54 Å². The molecule has 5 heteroatoms. The van der Waals surface area contributed by atoms with Crippen LogP contribution in [0.2, 0.25) is 0 Å². The summed E-state index contributed by atoms with van der Waals surface area (Å²) in [6.45, 7) is 3.25. The van der Waals surface area contributed by atoms with Gasteiger partial charge in [-0.15, -0.1) is 0 Å². The van der Waals surface area contributed by atoms with E-state index in [1.54, 1.807) is 58.3 Å². The van der Waals surface area contributed by atoms with Crippen LogP contribution in [0, 0.1) is 11.3 Å². The first-order valence-corrected chi connectivity index (χ1v) is 6.48. The van der Waals surface area contributed by atoms with Gasteiger partial charge in [-0.25, -0.2) is 0 Å². The molecule has 0 saturated heterocycles. The van der Waals surface area contributed by atoms with E-state index in [0.29, 0.717) is 5.56 Å². The Kier molecular flexibility index (Phi) is 5.25. The summed E-state index contributed by atoms with van der Waals surface area (Å²) in [5, 5.41) is 11.4. The van der Waals surface area contributed by atoms with E-state index in [1.165, 1.54) is 11.0 Å². The van der Waals surface area contributed by atoms with E-state index in [1.807, 2.05) is 6.07 Å². The van der Waals surface area contributed by atoms with Gasteiger partial charge in [-0.1, -0.05) is 12.1 Å². The number of carbonyl (C=O) groups excluding carboxylic acids is 2. The van der Waals surface area contributed by atoms with Crippen molar-refractivity contribution in [1.82, 2.24) is 10.2 Å². The van der Waals surface area contributed by atoms with Gasteiger partial charge in [0.05, 0.1) is 6.07 Å². The topological polar surface area (TPSA) is 73.2 Å². The minimum atomic E-state index is -0.899. The quantitative estimate of drug-likeness (QED) is 0.858. The van der Waals surface area contributed by atoms with Crippen molar-refractivity contribution in [2.24, 2.45) is 0 Å². The average Bonchev–Trinajstić information content (AvgIpc) is 2.44. The molecule has 1 N–H and O–H groups in total. The van der Waals surface area contributed by atoms with Crippen LogP contribution in [0.5, 0.6) is 0 Å². The number of nitrogens with zero attached hydrogens (tertiary/aromatic N) is 2. The molecule has 1 rings (SSSR count). The molecule has 0 heterocycles. The molecule has 5 nitrogen and oxygen atoms in total. The van der Waals surface area contributed by atoms with Gasteiger partial charge in [0.2, 0.25) is 5.91 Å². The second-order valence-corrected chi connectivity index (χ2v) is 5.38. The van der Waals surface area contributed by atoms with Crippen molar-refractivity contribution in [2.75, 3.05) is 14.1 Å². The van der Waals surface area contributed by atoms with Crippen LogP contribution in [0.25, 0.3) is 6.08 Å². The van der Waals surface area contributed by atoms with Crippen molar-refractivity contribution in [3.8, 4) is 6.07 Å². The molecule has 0 radical (unpaired) electrons. The Labute approximate surface area is 124 Å². The summed E-state index contributed by atoms with van der Waals surface area (Å²) >= 11 is 0. The number of nitrogens with one attached hydrogen (secondary N) is 1. The molecule has 1 aromatic rings. The summed E-state index contributed by atoms with van der Waals surface area (Å²) in [5.74, 6) is -0.408. The first-order chi connectivity index (χ1) is 9.75. The first kappa shape index (κ1) is 16.4. The Morgan fingerprint density at radius 1 is 1.24 bits per heavy atom. The number of hydrogen-bond acceptors (Lipinski definition) is 3. The molecular formula is C16H19N3O2. The molecule has 1 aromatic carbocycles. The third-order valence-corrected chi connectivity index (χ3v) is 2.71. The predicted octanol–water partition coefficient (Wildman–Crippen LogP) is 1.82. The number of carbonyl (C=O) groups is 2. The lowest BCUT2D eigenvalue weighted by molar-refractivity contribution is -0.117. The molecular weight excluding hydrogens is 266 g/mol. The zero-order valence-electron chi connectivity index (χ0n) is 12.7. The minimum absolute atomic E-state index is 0.0703. The monoisotopic (exact) mass is 285 g/mol. The summed E-state index contributed by atoms with van der Waals surface area (Å²) in [4.78, 5) is 24.9. The maximum Gasteiger partial charge on any atom is 0.253 e. The summed E-state index contributed by atoms with van der Waals surface area (Å²) in [5.41, 5.74) is 0.492. The molecule has 0 atom stereocenters. The Hall–Kier alpha value is -2.61. The summed E-state index contributed by atoms with van der Waals surface area (Å²) in [7, 11) is 3.38. The summed E-state index contributed by atoms with van der Waals surface area (Å²) in [6.07, 6.45) is 2.99. The maximum absolute atomic E-state index is 11.7. The molecule has 0 aliphatic carbocycles. The van der Waals surface area contributed by atoms with E-state index in [-0.39, 0.29) is 11.8 Å². The molecule has 110 valence electrons. The van der Waals surface area contributed by atoms with Crippen LogP contribution in [0.15, 0.2) is 30.3 Å². The van der Waals surface area contributed by atoms with E-state index in [9.17, 15) is 9.59 Å². The van der Waals surface area contributed by atoms with Gasteiger partial charge in [-0.3, -0.25) is 9.59 Å². The fourth-order valence-corrected chi connectivity index (χ4v) is 1.54. The van der Waals surface area contributed by atoms with Gasteiger partial charge < -0.3 is 10.2 Å². The fraction of sp³-hybridized carbons (Fsp3) is 0.312. The largest absolute Gasteiger partial charge is 0.345 e. The molecule has 2 amide bonds. The van der Waals surface area contributed by atoms with Gasteiger partial charge in [0, 0.05) is 25.7 Å². The highest BCUT2D eigenvalue weighted by Crippen LogP contribution is 2.08. The van der Waals surface area contributed by atoms with Gasteiger partial charge in [-0.05, 0) is 37.6 Å². The molecule has 0 aliphatic heterocycles. The number of nitriles is 1. The molecule has 0 unspecified atom stereocenters. The van der Waals surface area contributed by atoms with Crippen LogP contribution in [0.1, 0.15) is 29.8 Å². The molecule has 0 bridgehead atoms. The molecule has 0 aromatic heterocycles. The molecule has 0 saturated carbocycles. The van der Waals surface area contributed by atoms with Gasteiger partial charge in [-0.2, -0.15) is 5.26 Å². The van der Waals surface area contributed by atoms with E-state index in [2.05, 4.69) is 5.32 Å². The Morgan fingerprint density at radius 3 is 2.29 bits per heavy atom. The molecule has 0 fully saturated rings. The number of rotatable bonds is 4. The fourth-order valence-electron chi connectivity index (χ4n) is 1.54. The van der Waals surface area contributed by atoms with E-state index >= 15 is 0 Å². The second-order valence-electron chi connectivity index (χ2n) is 5.38. The third-order valence-electron chi connectivity index (χ3n) is 2.71. The zero-order valence-corrected chi connectivity index (χ0v) is 12.7. The van der Waals surface area contributed by atoms with Crippen molar-refractivity contribution in [1.29, 1.82) is 5.26 Å². The van der Waals surface area contributed by atoms with Gasteiger partial charge in [0.1, 0.15) is 5.54 Å². The van der Waals surface area contributed by atoms with Crippen molar-refractivity contribution in [2.45, 2.75) is 19.4 Å². The molecule has 21 heavy (non-hydrogen) atoms. The van der Waals surface area contributed by atoms with Crippen LogP contribution >= 0.6 is 0 Å². The summed E-state index contributed by atoms with van der Waals surface area (Å²) in [6, 6.07) is 8.93. The highest BCUT2D eigenvalue weighted by Gasteiger charge is 2.17. The van der Waals surface area contributed by atoms with Crippen LogP contribution in [0.3, 0.4) is 0 Å². The number of benzene rings is 1. The first-order valence-electron chi connectivity index (χ1n) is 6.48. The predicted molar refractivity (Wildman–Crippen MR) is 81.3 cm³/mol. The lowest BCUT2D eigenvalue weighted by Crippen LogP contribution is -2.41. The normalized spacial score (nSPS) is 11.0. The molecule has 0 spiro atoms. The van der Waals surface area contributed by atoms with Gasteiger partial charge >= 0.3 is 0 Å². The van der Waals surface area contributed by atoms with Crippen molar-refractivity contribution in [3.05, 3.63) is 41.5 Å². The molecule has 0 aliphatic rings. The highest BCUT2D eigenvalue weighted by molar-refractivity contribution is 5.95. The highest BCUT2D eigenvalue weighted by atomic mass is 16.2. The van der Waals surface area contributed by atoms with Crippen molar-refractivity contribution < 1.29 is 9.59 Å². The van der Waals surface area contributed by atoms with Gasteiger partial charge in [0.15, 0.2) is 0 Å². The van der Waals surface area contributed by atoms with Crippen molar-refractivity contribution in [3.63, 3.8) is 0 Å². The minimum Gasteiger partial charge on any atom is -0.345 e. The Balaban J connectivity index is 2.72. The van der Waals surface area contributed by atoms with Crippen LogP contribution in [0.4, 0.5) is 0 Å². The van der Waals surface area contributed by atoms with Crippen LogP contribution in [-0.4, -0.2) is 36.3 Å². The summed E-state index contributed by atoms with van der Waals surface area (Å²) < 4.78 is 0. The van der Waals surface area contributed by atoms with Crippen molar-refractivity contribution >= 4 is 17.9 Å². The number of amides is 2. The third kappa shape index (κ3) is 5.11. The zero-order chi connectivity index (χ0) is 16.0. The van der Waals surface area contributed by atoms with Gasteiger partial charge in [0.25, 0.3) is 5.91 Å². The lowest BCUT2D eigenvalue weighted by Gasteiger charge is -2.15. The smallest absolute Gasteiger partial charge is 0.253 e. The average molecular weight is 285 g/mol. The van der Waals surface area contributed by atoms with Crippen LogP contribution in [-0.2, 0) is 4.79 Å². The second kappa shape index (κ2) is 6.71. The Bertz CT molecular complexity index is 593. The van der Waals surface area contributed by atoms with E-state index in [4.69, 9.17) is 5.26 Å². The Morgan fingerprint density at radius 2 is 1.81 bits per heavy atom.